The minimum atomic E-state index is -0.836. The van der Waals surface area contributed by atoms with Crippen molar-refractivity contribution in [2.75, 3.05) is 18.1 Å². The van der Waals surface area contributed by atoms with Gasteiger partial charge in [-0.3, -0.25) is 4.79 Å². The van der Waals surface area contributed by atoms with Gasteiger partial charge in [0.1, 0.15) is 5.82 Å². The summed E-state index contributed by atoms with van der Waals surface area (Å²) in [5.41, 5.74) is 0.652. The Balaban J connectivity index is 1.71. The first-order valence-corrected chi connectivity index (χ1v) is 8.92. The second kappa shape index (κ2) is 7.70. The quantitative estimate of drug-likeness (QED) is 0.780. The average molecular weight is 359 g/mol. The summed E-state index contributed by atoms with van der Waals surface area (Å²) in [5.74, 6) is -1.81. The Bertz CT molecular complexity index is 796. The highest BCUT2D eigenvalue weighted by molar-refractivity contribution is 8.00. The second-order valence-electron chi connectivity index (χ2n) is 5.79. The lowest BCUT2D eigenvalue weighted by molar-refractivity contribution is -0.121. The van der Waals surface area contributed by atoms with E-state index >= 15 is 0 Å². The fourth-order valence-electron chi connectivity index (χ4n) is 2.66. The fraction of sp³-hybridized carbons (Fsp3) is 0.263. The van der Waals surface area contributed by atoms with Crippen molar-refractivity contribution in [3.63, 3.8) is 0 Å². The summed E-state index contributed by atoms with van der Waals surface area (Å²) in [6.45, 7) is 2.26. The first kappa shape index (κ1) is 17.5. The number of hydrogen-bond donors (Lipinski definition) is 0. The molecule has 1 unspecified atom stereocenters. The minimum Gasteiger partial charge on any atom is -0.452 e. The molecule has 2 aromatic carbocycles. The Labute approximate surface area is 150 Å². The summed E-state index contributed by atoms with van der Waals surface area (Å²) in [7, 11) is 0. The van der Waals surface area contributed by atoms with E-state index in [-0.39, 0.29) is 11.5 Å². The smallest absolute Gasteiger partial charge is 0.341 e. The van der Waals surface area contributed by atoms with Crippen molar-refractivity contribution in [3.8, 4) is 0 Å². The van der Waals surface area contributed by atoms with Gasteiger partial charge in [0.25, 0.3) is 5.91 Å². The number of benzene rings is 2. The van der Waals surface area contributed by atoms with E-state index in [2.05, 4.69) is 6.92 Å². The maximum atomic E-state index is 13.6. The van der Waals surface area contributed by atoms with E-state index in [4.69, 9.17) is 4.74 Å². The standard InChI is InChI=1S/C19H18FNO3S/c1-13-10-11-21(16-8-4-5-9-17(16)25-13)18(22)12-24-19(23)14-6-2-3-7-15(14)20/h2-9,13H,10-12H2,1H3. The molecule has 0 fully saturated rings. The predicted octanol–water partition coefficient (Wildman–Crippen LogP) is 3.90. The van der Waals surface area contributed by atoms with Gasteiger partial charge in [-0.2, -0.15) is 0 Å². The normalized spacial score (nSPS) is 16.7. The lowest BCUT2D eigenvalue weighted by Crippen LogP contribution is -2.35. The number of amides is 1. The third-order valence-corrected chi connectivity index (χ3v) is 5.20. The van der Waals surface area contributed by atoms with Crippen LogP contribution in [0, 0.1) is 5.82 Å². The Morgan fingerprint density at radius 3 is 2.72 bits per heavy atom. The number of para-hydroxylation sites is 1. The van der Waals surface area contributed by atoms with Crippen LogP contribution in [0.25, 0.3) is 0 Å². The molecule has 0 saturated carbocycles. The van der Waals surface area contributed by atoms with E-state index in [0.29, 0.717) is 11.8 Å². The van der Waals surface area contributed by atoms with Crippen LogP contribution in [-0.4, -0.2) is 30.3 Å². The number of esters is 1. The molecule has 4 nitrogen and oxygen atoms in total. The number of rotatable bonds is 3. The number of carbonyl (C=O) groups excluding carboxylic acids is 2. The van der Waals surface area contributed by atoms with E-state index in [0.717, 1.165) is 17.0 Å². The number of carbonyl (C=O) groups is 2. The zero-order valence-corrected chi connectivity index (χ0v) is 14.6. The van der Waals surface area contributed by atoms with E-state index in [1.807, 2.05) is 24.3 Å². The summed E-state index contributed by atoms with van der Waals surface area (Å²) in [5, 5.41) is 0.389. The van der Waals surface area contributed by atoms with Gasteiger partial charge in [-0.1, -0.05) is 31.2 Å². The molecule has 1 aliphatic rings. The summed E-state index contributed by atoms with van der Waals surface area (Å²) < 4.78 is 18.6. The van der Waals surface area contributed by atoms with Crippen LogP contribution >= 0.6 is 11.8 Å². The van der Waals surface area contributed by atoms with Crippen LogP contribution in [-0.2, 0) is 9.53 Å². The number of halogens is 1. The molecular formula is C19H18FNO3S. The summed E-state index contributed by atoms with van der Waals surface area (Å²) >= 11 is 1.73. The van der Waals surface area contributed by atoms with Gasteiger partial charge < -0.3 is 9.64 Å². The predicted molar refractivity (Wildman–Crippen MR) is 95.4 cm³/mol. The van der Waals surface area contributed by atoms with Crippen molar-refractivity contribution < 1.29 is 18.7 Å². The summed E-state index contributed by atoms with van der Waals surface area (Å²) in [4.78, 5) is 27.2. The number of fused-ring (bicyclic) bond motifs is 1. The van der Waals surface area contributed by atoms with Crippen molar-refractivity contribution >= 4 is 29.3 Å². The molecule has 3 rings (SSSR count). The van der Waals surface area contributed by atoms with Gasteiger partial charge in [0.05, 0.1) is 11.3 Å². The Morgan fingerprint density at radius 2 is 1.92 bits per heavy atom. The molecule has 1 aliphatic heterocycles. The first-order chi connectivity index (χ1) is 12.1. The monoisotopic (exact) mass is 359 g/mol. The van der Waals surface area contributed by atoms with E-state index < -0.39 is 18.4 Å². The topological polar surface area (TPSA) is 46.6 Å². The molecule has 1 atom stereocenters. The highest BCUT2D eigenvalue weighted by Crippen LogP contribution is 2.37. The molecule has 0 bridgehead atoms. The van der Waals surface area contributed by atoms with Crippen molar-refractivity contribution in [2.24, 2.45) is 0 Å². The SMILES string of the molecule is CC1CCN(C(=O)COC(=O)c2ccccc2F)c2ccccc2S1. The molecular weight excluding hydrogens is 341 g/mol. The molecule has 0 radical (unpaired) electrons. The lowest BCUT2D eigenvalue weighted by atomic mass is 10.2. The molecule has 25 heavy (non-hydrogen) atoms. The highest BCUT2D eigenvalue weighted by Gasteiger charge is 2.25. The van der Waals surface area contributed by atoms with Gasteiger partial charge in [-0.25, -0.2) is 9.18 Å². The van der Waals surface area contributed by atoms with Crippen LogP contribution < -0.4 is 4.90 Å². The van der Waals surface area contributed by atoms with Gasteiger partial charge in [0.2, 0.25) is 0 Å². The van der Waals surface area contributed by atoms with Crippen LogP contribution in [0.3, 0.4) is 0 Å². The molecule has 130 valence electrons. The highest BCUT2D eigenvalue weighted by atomic mass is 32.2. The Morgan fingerprint density at radius 1 is 1.20 bits per heavy atom. The Hall–Kier alpha value is -2.34. The van der Waals surface area contributed by atoms with Gasteiger partial charge in [0, 0.05) is 16.7 Å². The first-order valence-electron chi connectivity index (χ1n) is 8.04. The van der Waals surface area contributed by atoms with Crippen LogP contribution in [0.5, 0.6) is 0 Å². The van der Waals surface area contributed by atoms with Gasteiger partial charge in [-0.15, -0.1) is 11.8 Å². The van der Waals surface area contributed by atoms with Crippen molar-refractivity contribution in [1.82, 2.24) is 0 Å². The summed E-state index contributed by atoms with van der Waals surface area (Å²) in [6, 6.07) is 13.2. The number of thioether (sulfide) groups is 1. The molecule has 1 heterocycles. The van der Waals surface area contributed by atoms with Crippen molar-refractivity contribution in [1.29, 1.82) is 0 Å². The van der Waals surface area contributed by atoms with E-state index in [1.54, 1.807) is 22.7 Å². The zero-order chi connectivity index (χ0) is 17.8. The largest absolute Gasteiger partial charge is 0.452 e. The third-order valence-electron chi connectivity index (χ3n) is 3.96. The maximum Gasteiger partial charge on any atom is 0.341 e. The minimum absolute atomic E-state index is 0.171. The molecule has 0 spiro atoms. The van der Waals surface area contributed by atoms with Gasteiger partial charge >= 0.3 is 5.97 Å². The maximum absolute atomic E-state index is 13.6. The van der Waals surface area contributed by atoms with E-state index in [9.17, 15) is 14.0 Å². The number of anilines is 1. The van der Waals surface area contributed by atoms with Crippen LogP contribution in [0.4, 0.5) is 10.1 Å². The molecule has 1 amide bonds. The van der Waals surface area contributed by atoms with Crippen LogP contribution in [0.2, 0.25) is 0 Å². The third kappa shape index (κ3) is 4.02. The van der Waals surface area contributed by atoms with Crippen LogP contribution in [0.15, 0.2) is 53.4 Å². The van der Waals surface area contributed by atoms with Crippen molar-refractivity contribution in [3.05, 3.63) is 59.9 Å². The van der Waals surface area contributed by atoms with Gasteiger partial charge in [-0.05, 0) is 30.7 Å². The summed E-state index contributed by atoms with van der Waals surface area (Å²) in [6.07, 6.45) is 0.840. The second-order valence-corrected chi connectivity index (χ2v) is 7.27. The van der Waals surface area contributed by atoms with Crippen LogP contribution in [0.1, 0.15) is 23.7 Å². The lowest BCUT2D eigenvalue weighted by Gasteiger charge is -2.22. The number of hydrogen-bond acceptors (Lipinski definition) is 4. The van der Waals surface area contributed by atoms with Crippen molar-refractivity contribution in [2.45, 2.75) is 23.5 Å². The molecule has 0 saturated heterocycles. The molecule has 0 aliphatic carbocycles. The fourth-order valence-corrected chi connectivity index (χ4v) is 3.77. The van der Waals surface area contributed by atoms with E-state index in [1.165, 1.54) is 18.2 Å². The Kier molecular flexibility index (Phi) is 5.38. The van der Waals surface area contributed by atoms with Gasteiger partial charge in [0.15, 0.2) is 6.61 Å². The zero-order valence-electron chi connectivity index (χ0n) is 13.8. The average Bonchev–Trinajstić information content (AvgIpc) is 2.78. The number of ether oxygens (including phenoxy) is 1. The number of nitrogens with zero attached hydrogens (tertiary/aromatic N) is 1. The molecule has 0 aromatic heterocycles. The molecule has 6 heteroatoms. The molecule has 0 N–H and O–H groups in total. The molecule has 2 aromatic rings.